The molecule has 0 saturated carbocycles. The lowest BCUT2D eigenvalue weighted by Gasteiger charge is -2.31. The van der Waals surface area contributed by atoms with Crippen LogP contribution in [0.4, 0.5) is 8.78 Å². The normalized spacial score (nSPS) is 27.0. The fourth-order valence-corrected chi connectivity index (χ4v) is 1.60. The third-order valence-electron chi connectivity index (χ3n) is 2.53. The number of nitrogens with zero attached hydrogens (tertiary/aromatic N) is 1. The van der Waals surface area contributed by atoms with Gasteiger partial charge >= 0.3 is 0 Å². The van der Waals surface area contributed by atoms with Crippen LogP contribution in [-0.4, -0.2) is 30.0 Å². The molecule has 0 N–H and O–H groups in total. The van der Waals surface area contributed by atoms with Gasteiger partial charge in [-0.2, -0.15) is 0 Å². The maximum Gasteiger partial charge on any atom is 0.242 e. The third-order valence-corrected chi connectivity index (χ3v) is 2.53. The quantitative estimate of drug-likeness (QED) is 0.594. The second kappa shape index (κ2) is 3.29. The number of likely N-dealkylation sites (tertiary alicyclic amines) is 1. The molecule has 1 rings (SSSR count). The van der Waals surface area contributed by atoms with Gasteiger partial charge in [0.2, 0.25) is 6.43 Å². The molecule has 1 aliphatic rings. The highest BCUT2D eigenvalue weighted by Crippen LogP contribution is 2.27. The maximum atomic E-state index is 12.3. The average molecular weight is 177 g/mol. The first-order valence-electron chi connectivity index (χ1n) is 4.44. The molecule has 12 heavy (non-hydrogen) atoms. The molecule has 0 spiro atoms. The van der Waals surface area contributed by atoms with Crippen molar-refractivity contribution in [3.8, 4) is 0 Å². The summed E-state index contributed by atoms with van der Waals surface area (Å²) < 4.78 is 24.5. The van der Waals surface area contributed by atoms with Crippen molar-refractivity contribution in [2.45, 2.75) is 39.2 Å². The van der Waals surface area contributed by atoms with Gasteiger partial charge in [0.15, 0.2) is 0 Å². The summed E-state index contributed by atoms with van der Waals surface area (Å²) in [5, 5.41) is 0. The average Bonchev–Trinajstić information content (AvgIpc) is 2.30. The van der Waals surface area contributed by atoms with Crippen molar-refractivity contribution in [1.29, 1.82) is 0 Å². The zero-order valence-corrected chi connectivity index (χ0v) is 7.98. The van der Waals surface area contributed by atoms with Crippen molar-refractivity contribution in [2.24, 2.45) is 5.92 Å². The smallest absolute Gasteiger partial charge is 0.242 e. The molecular weight excluding hydrogens is 160 g/mol. The largest absolute Gasteiger partial charge is 0.298 e. The van der Waals surface area contributed by atoms with Gasteiger partial charge in [0.1, 0.15) is 0 Å². The minimum absolute atomic E-state index is 0.0453. The second-order valence-corrected chi connectivity index (χ2v) is 4.50. The molecule has 0 aromatic carbocycles. The van der Waals surface area contributed by atoms with E-state index in [2.05, 4.69) is 25.7 Å². The predicted molar refractivity (Wildman–Crippen MR) is 45.4 cm³/mol. The molecule has 1 heterocycles. The fraction of sp³-hybridized carbons (Fsp3) is 1.00. The van der Waals surface area contributed by atoms with Gasteiger partial charge in [0, 0.05) is 18.0 Å². The monoisotopic (exact) mass is 177 g/mol. The van der Waals surface area contributed by atoms with Crippen LogP contribution >= 0.6 is 0 Å². The SMILES string of the molecule is CC(C)(C)N1CC[C@H](C(F)F)C1. The molecule has 3 heteroatoms. The topological polar surface area (TPSA) is 3.24 Å². The Morgan fingerprint density at radius 2 is 1.92 bits per heavy atom. The van der Waals surface area contributed by atoms with Gasteiger partial charge in [-0.05, 0) is 33.7 Å². The summed E-state index contributed by atoms with van der Waals surface area (Å²) in [6, 6.07) is 0. The first-order valence-corrected chi connectivity index (χ1v) is 4.44. The van der Waals surface area contributed by atoms with E-state index in [0.29, 0.717) is 13.0 Å². The lowest BCUT2D eigenvalue weighted by Crippen LogP contribution is -2.39. The van der Waals surface area contributed by atoms with Crippen molar-refractivity contribution >= 4 is 0 Å². The lowest BCUT2D eigenvalue weighted by molar-refractivity contribution is 0.0712. The molecule has 1 fully saturated rings. The highest BCUT2D eigenvalue weighted by atomic mass is 19.3. The Balaban J connectivity index is 2.46. The molecule has 0 aromatic rings. The molecule has 1 aliphatic heterocycles. The number of hydrogen-bond acceptors (Lipinski definition) is 1. The van der Waals surface area contributed by atoms with Gasteiger partial charge in [-0.25, -0.2) is 8.78 Å². The number of halogens is 2. The van der Waals surface area contributed by atoms with Gasteiger partial charge < -0.3 is 0 Å². The van der Waals surface area contributed by atoms with Crippen molar-refractivity contribution < 1.29 is 8.78 Å². The van der Waals surface area contributed by atoms with E-state index in [0.717, 1.165) is 6.54 Å². The van der Waals surface area contributed by atoms with E-state index in [1.165, 1.54) is 0 Å². The maximum absolute atomic E-state index is 12.3. The zero-order valence-electron chi connectivity index (χ0n) is 7.98. The number of alkyl halides is 2. The Morgan fingerprint density at radius 1 is 1.33 bits per heavy atom. The number of rotatable bonds is 1. The van der Waals surface area contributed by atoms with Crippen molar-refractivity contribution in [1.82, 2.24) is 4.90 Å². The molecule has 0 radical (unpaired) electrons. The molecule has 0 aromatic heterocycles. The summed E-state index contributed by atoms with van der Waals surface area (Å²) in [4.78, 5) is 2.13. The highest BCUT2D eigenvalue weighted by Gasteiger charge is 2.34. The van der Waals surface area contributed by atoms with Crippen molar-refractivity contribution in [3.63, 3.8) is 0 Å². The summed E-state index contributed by atoms with van der Waals surface area (Å²) >= 11 is 0. The van der Waals surface area contributed by atoms with Crippen LogP contribution in [0, 0.1) is 5.92 Å². The summed E-state index contributed by atoms with van der Waals surface area (Å²) in [7, 11) is 0. The minimum atomic E-state index is -2.14. The zero-order chi connectivity index (χ0) is 9.35. The summed E-state index contributed by atoms with van der Waals surface area (Å²) in [6.07, 6.45) is -1.49. The Bertz CT molecular complexity index is 151. The Hall–Kier alpha value is -0.180. The molecule has 0 aliphatic carbocycles. The van der Waals surface area contributed by atoms with Crippen LogP contribution < -0.4 is 0 Å². The first kappa shape index (κ1) is 9.90. The Labute approximate surface area is 72.7 Å². The van der Waals surface area contributed by atoms with Gasteiger partial charge in [-0.15, -0.1) is 0 Å². The summed E-state index contributed by atoms with van der Waals surface area (Å²) in [5.74, 6) is -0.399. The van der Waals surface area contributed by atoms with E-state index < -0.39 is 12.3 Å². The van der Waals surface area contributed by atoms with E-state index in [9.17, 15) is 8.78 Å². The molecule has 0 amide bonds. The van der Waals surface area contributed by atoms with E-state index >= 15 is 0 Å². The van der Waals surface area contributed by atoms with Crippen molar-refractivity contribution in [2.75, 3.05) is 13.1 Å². The van der Waals surface area contributed by atoms with E-state index in [1.54, 1.807) is 0 Å². The molecule has 0 unspecified atom stereocenters. The van der Waals surface area contributed by atoms with Crippen LogP contribution in [0.3, 0.4) is 0 Å². The van der Waals surface area contributed by atoms with Gasteiger partial charge in [-0.3, -0.25) is 4.90 Å². The number of hydrogen-bond donors (Lipinski definition) is 0. The molecule has 72 valence electrons. The molecule has 1 saturated heterocycles. The Morgan fingerprint density at radius 3 is 2.17 bits per heavy atom. The molecule has 0 bridgehead atoms. The highest BCUT2D eigenvalue weighted by molar-refractivity contribution is 4.85. The fourth-order valence-electron chi connectivity index (χ4n) is 1.60. The van der Waals surface area contributed by atoms with Crippen LogP contribution in [0.5, 0.6) is 0 Å². The first-order chi connectivity index (χ1) is 5.41. The van der Waals surface area contributed by atoms with Crippen LogP contribution in [0.15, 0.2) is 0 Å². The van der Waals surface area contributed by atoms with Gasteiger partial charge in [0.25, 0.3) is 0 Å². The third kappa shape index (κ3) is 2.16. The molecule has 1 atom stereocenters. The summed E-state index contributed by atoms with van der Waals surface area (Å²) in [6.45, 7) is 7.59. The van der Waals surface area contributed by atoms with E-state index in [4.69, 9.17) is 0 Å². The van der Waals surface area contributed by atoms with Gasteiger partial charge in [0.05, 0.1) is 0 Å². The molecular formula is C9H17F2N. The van der Waals surface area contributed by atoms with Crippen LogP contribution in [0.1, 0.15) is 27.2 Å². The Kier molecular flexibility index (Phi) is 2.71. The molecule has 1 nitrogen and oxygen atoms in total. The van der Waals surface area contributed by atoms with Crippen LogP contribution in [0.25, 0.3) is 0 Å². The van der Waals surface area contributed by atoms with Gasteiger partial charge in [-0.1, -0.05) is 0 Å². The van der Waals surface area contributed by atoms with E-state index in [-0.39, 0.29) is 5.54 Å². The van der Waals surface area contributed by atoms with Crippen LogP contribution in [0.2, 0.25) is 0 Å². The second-order valence-electron chi connectivity index (χ2n) is 4.50. The minimum Gasteiger partial charge on any atom is -0.298 e. The standard InChI is InChI=1S/C9H17F2N/c1-9(2,3)12-5-4-7(6-12)8(10)11/h7-8H,4-6H2,1-3H3/t7-/m0/s1. The van der Waals surface area contributed by atoms with Crippen molar-refractivity contribution in [3.05, 3.63) is 0 Å². The summed E-state index contributed by atoms with van der Waals surface area (Å²) in [5.41, 5.74) is 0.0453. The van der Waals surface area contributed by atoms with E-state index in [1.807, 2.05) is 0 Å². The van der Waals surface area contributed by atoms with Crippen LogP contribution in [-0.2, 0) is 0 Å². The predicted octanol–water partition coefficient (Wildman–Crippen LogP) is 2.37. The lowest BCUT2D eigenvalue weighted by atomic mass is 10.1.